The van der Waals surface area contributed by atoms with Gasteiger partial charge in [-0.05, 0) is 56.5 Å². The molecule has 8 heteroatoms. The first kappa shape index (κ1) is 23.6. The molecule has 3 aliphatic rings. The zero-order valence-electron chi connectivity index (χ0n) is 19.1. The maximum absolute atomic E-state index is 13.4. The molecular weight excluding hydrogens is 404 g/mol. The zero-order chi connectivity index (χ0) is 22.2. The summed E-state index contributed by atoms with van der Waals surface area (Å²) in [7, 11) is -2.08. The van der Waals surface area contributed by atoms with Crippen LogP contribution in [0.1, 0.15) is 47.0 Å². The molecule has 1 unspecified atom stereocenters. The van der Waals surface area contributed by atoms with Crippen molar-refractivity contribution < 1.29 is 33.0 Å². The van der Waals surface area contributed by atoms with Gasteiger partial charge < -0.3 is 23.4 Å². The van der Waals surface area contributed by atoms with Crippen LogP contribution in [0.2, 0.25) is 18.1 Å². The van der Waals surface area contributed by atoms with E-state index < -0.39 is 37.9 Å². The average Bonchev–Trinajstić information content (AvgIpc) is 3.30. The van der Waals surface area contributed by atoms with Crippen LogP contribution >= 0.6 is 0 Å². The molecule has 30 heavy (non-hydrogen) atoms. The Labute approximate surface area is 180 Å². The lowest BCUT2D eigenvalue weighted by atomic mass is 9.85. The molecule has 3 saturated heterocycles. The molecule has 0 saturated carbocycles. The summed E-state index contributed by atoms with van der Waals surface area (Å²) in [5.74, 6) is -1.61. The van der Waals surface area contributed by atoms with Gasteiger partial charge >= 0.3 is 5.97 Å². The quantitative estimate of drug-likeness (QED) is 0.188. The normalized spacial score (nSPS) is 34.9. The summed E-state index contributed by atoms with van der Waals surface area (Å²) in [6.45, 7) is 13.6. The van der Waals surface area contributed by atoms with Crippen LogP contribution in [0.15, 0.2) is 12.2 Å². The van der Waals surface area contributed by atoms with Crippen LogP contribution in [0.3, 0.4) is 0 Å². The van der Waals surface area contributed by atoms with Gasteiger partial charge in [0, 0.05) is 13.2 Å². The van der Waals surface area contributed by atoms with Crippen molar-refractivity contribution in [2.24, 2.45) is 5.92 Å². The molecule has 7 nitrogen and oxygen atoms in total. The molecule has 3 rings (SSSR count). The van der Waals surface area contributed by atoms with Crippen molar-refractivity contribution in [1.29, 1.82) is 0 Å². The molecule has 0 spiro atoms. The minimum Gasteiger partial charge on any atom is -0.463 e. The Balaban J connectivity index is 1.83. The van der Waals surface area contributed by atoms with Gasteiger partial charge in [0.25, 0.3) is 0 Å². The Morgan fingerprint density at radius 3 is 2.57 bits per heavy atom. The van der Waals surface area contributed by atoms with Gasteiger partial charge in [-0.2, -0.15) is 0 Å². The summed E-state index contributed by atoms with van der Waals surface area (Å²) >= 11 is 0. The monoisotopic (exact) mass is 440 g/mol. The molecule has 3 aliphatic heterocycles. The number of ether oxygens (including phenoxy) is 4. The van der Waals surface area contributed by atoms with Crippen LogP contribution in [0.25, 0.3) is 0 Å². The lowest BCUT2D eigenvalue weighted by Crippen LogP contribution is -2.55. The predicted octanol–water partition coefficient (Wildman–Crippen LogP) is 3.38. The Hall–Kier alpha value is -1.06. The second-order valence-electron chi connectivity index (χ2n) is 10.0. The fraction of sp³-hybridized carbons (Fsp3) is 0.818. The molecular formula is C22H36O7Si. The third-order valence-corrected chi connectivity index (χ3v) is 11.3. The highest BCUT2D eigenvalue weighted by Crippen LogP contribution is 2.40. The van der Waals surface area contributed by atoms with E-state index in [-0.39, 0.29) is 30.5 Å². The molecule has 0 bridgehead atoms. The first-order chi connectivity index (χ1) is 14.0. The molecule has 5 atom stereocenters. The highest BCUT2D eigenvalue weighted by atomic mass is 28.4. The van der Waals surface area contributed by atoms with Crippen LogP contribution in [0, 0.1) is 5.92 Å². The van der Waals surface area contributed by atoms with Crippen LogP contribution in [0.5, 0.6) is 0 Å². The Bertz CT molecular complexity index is 677. The first-order valence-corrected chi connectivity index (χ1v) is 13.9. The van der Waals surface area contributed by atoms with Crippen LogP contribution in [-0.2, 0) is 33.0 Å². The maximum Gasteiger partial charge on any atom is 0.347 e. The van der Waals surface area contributed by atoms with Gasteiger partial charge in [0.05, 0.1) is 12.0 Å². The lowest BCUT2D eigenvalue weighted by molar-refractivity contribution is -0.228. The Kier molecular flexibility index (Phi) is 6.94. The molecule has 0 aromatic heterocycles. The van der Waals surface area contributed by atoms with Gasteiger partial charge in [0.2, 0.25) is 5.60 Å². The molecule has 0 N–H and O–H groups in total. The predicted molar refractivity (Wildman–Crippen MR) is 113 cm³/mol. The SMILES string of the molecule is C[C@@H]1O[C@@H]1/C=C/C(=O)[C@@]1(OC2CCCCO2)C(=O)OC[C@@H]1CO[Si](C)(C)C(C)(C)C. The van der Waals surface area contributed by atoms with E-state index in [1.165, 1.54) is 6.08 Å². The minimum atomic E-state index is -2.08. The van der Waals surface area contributed by atoms with Crippen molar-refractivity contribution >= 4 is 20.1 Å². The number of epoxide rings is 1. The average molecular weight is 441 g/mol. The summed E-state index contributed by atoms with van der Waals surface area (Å²) in [5, 5.41) is 0.00975. The van der Waals surface area contributed by atoms with Crippen molar-refractivity contribution in [3.05, 3.63) is 12.2 Å². The second kappa shape index (κ2) is 8.82. The van der Waals surface area contributed by atoms with Crippen LogP contribution in [0.4, 0.5) is 0 Å². The van der Waals surface area contributed by atoms with Crippen molar-refractivity contribution in [2.45, 2.75) is 89.2 Å². The van der Waals surface area contributed by atoms with Gasteiger partial charge in [0.15, 0.2) is 20.4 Å². The number of cyclic esters (lactones) is 1. The van der Waals surface area contributed by atoms with E-state index in [4.69, 9.17) is 23.4 Å². The lowest BCUT2D eigenvalue weighted by Gasteiger charge is -2.39. The van der Waals surface area contributed by atoms with E-state index in [1.54, 1.807) is 6.08 Å². The highest BCUT2D eigenvalue weighted by Gasteiger charge is 2.60. The van der Waals surface area contributed by atoms with E-state index in [0.29, 0.717) is 13.0 Å². The van der Waals surface area contributed by atoms with Crippen molar-refractivity contribution in [3.8, 4) is 0 Å². The number of ketones is 1. The van der Waals surface area contributed by atoms with E-state index in [9.17, 15) is 9.59 Å². The van der Waals surface area contributed by atoms with Crippen molar-refractivity contribution in [2.75, 3.05) is 19.8 Å². The largest absolute Gasteiger partial charge is 0.463 e. The topological polar surface area (TPSA) is 83.6 Å². The summed E-state index contributed by atoms with van der Waals surface area (Å²) in [4.78, 5) is 26.3. The first-order valence-electron chi connectivity index (χ1n) is 11.0. The fourth-order valence-corrected chi connectivity index (χ4v) is 4.54. The van der Waals surface area contributed by atoms with Gasteiger partial charge in [-0.1, -0.05) is 20.8 Å². The van der Waals surface area contributed by atoms with E-state index in [1.807, 2.05) is 6.92 Å². The molecule has 0 aliphatic carbocycles. The number of hydrogen-bond acceptors (Lipinski definition) is 7. The number of carbonyl (C=O) groups is 2. The highest BCUT2D eigenvalue weighted by molar-refractivity contribution is 6.74. The Morgan fingerprint density at radius 2 is 2.00 bits per heavy atom. The summed E-state index contributed by atoms with van der Waals surface area (Å²) in [5.41, 5.74) is -1.74. The minimum absolute atomic E-state index is 0.00975. The molecule has 170 valence electrons. The standard InChI is InChI=1S/C22H36O7Si/c1-15-17(28-15)10-11-18(23)22(29-19-9-7-8-12-25-19)16(13-26-20(22)24)14-27-30(5,6)21(2,3)4/h10-11,15-17,19H,7-9,12-14H2,1-6H3/b11-10+/t15-,16+,17+,19?,22+/m0/s1. The van der Waals surface area contributed by atoms with Crippen molar-refractivity contribution in [3.63, 3.8) is 0 Å². The molecule has 3 fully saturated rings. The van der Waals surface area contributed by atoms with Gasteiger partial charge in [-0.25, -0.2) is 4.79 Å². The molecule has 0 amide bonds. The smallest absolute Gasteiger partial charge is 0.347 e. The summed E-state index contributed by atoms with van der Waals surface area (Å²) < 4.78 is 28.9. The second-order valence-corrected chi connectivity index (χ2v) is 14.9. The molecule has 0 aromatic rings. The molecule has 0 radical (unpaired) electrons. The third-order valence-electron chi connectivity index (χ3n) is 6.76. The maximum atomic E-state index is 13.4. The van der Waals surface area contributed by atoms with Crippen LogP contribution < -0.4 is 0 Å². The van der Waals surface area contributed by atoms with Gasteiger partial charge in [-0.3, -0.25) is 4.79 Å². The number of hydrogen-bond donors (Lipinski definition) is 0. The van der Waals surface area contributed by atoms with E-state index in [0.717, 1.165) is 12.8 Å². The number of esters is 1. The van der Waals surface area contributed by atoms with Crippen LogP contribution in [-0.4, -0.2) is 64.0 Å². The van der Waals surface area contributed by atoms with Gasteiger partial charge in [0.1, 0.15) is 12.7 Å². The summed E-state index contributed by atoms with van der Waals surface area (Å²) in [6, 6.07) is 0. The Morgan fingerprint density at radius 1 is 1.30 bits per heavy atom. The number of rotatable bonds is 8. The zero-order valence-corrected chi connectivity index (χ0v) is 20.1. The van der Waals surface area contributed by atoms with E-state index in [2.05, 4.69) is 33.9 Å². The van der Waals surface area contributed by atoms with Crippen molar-refractivity contribution in [1.82, 2.24) is 0 Å². The number of carbonyl (C=O) groups excluding carboxylic acids is 2. The van der Waals surface area contributed by atoms with Gasteiger partial charge in [-0.15, -0.1) is 0 Å². The molecule has 3 heterocycles. The third kappa shape index (κ3) is 4.88. The summed E-state index contributed by atoms with van der Waals surface area (Å²) in [6.07, 6.45) is 4.99. The van der Waals surface area contributed by atoms with E-state index >= 15 is 0 Å². The molecule has 0 aromatic carbocycles. The fourth-order valence-electron chi connectivity index (χ4n) is 3.48.